The lowest BCUT2D eigenvalue weighted by atomic mass is 10.1. The summed E-state index contributed by atoms with van der Waals surface area (Å²) in [6.45, 7) is 6.73. The van der Waals surface area contributed by atoms with Gasteiger partial charge in [-0.25, -0.2) is 0 Å². The molecule has 2 aromatic carbocycles. The van der Waals surface area contributed by atoms with Crippen LogP contribution in [-0.4, -0.2) is 34.6 Å². The van der Waals surface area contributed by atoms with Gasteiger partial charge in [0.15, 0.2) is 0 Å². The van der Waals surface area contributed by atoms with Crippen LogP contribution in [0, 0.1) is 0 Å². The van der Waals surface area contributed by atoms with E-state index in [0.717, 1.165) is 24.3 Å². The van der Waals surface area contributed by atoms with Gasteiger partial charge in [0.2, 0.25) is 0 Å². The van der Waals surface area contributed by atoms with Crippen LogP contribution in [0.3, 0.4) is 0 Å². The molecule has 4 heteroatoms. The quantitative estimate of drug-likeness (QED) is 0.644. The van der Waals surface area contributed by atoms with E-state index in [1.807, 2.05) is 36.4 Å². The van der Waals surface area contributed by atoms with Crippen LogP contribution in [0.1, 0.15) is 11.1 Å². The van der Waals surface area contributed by atoms with Crippen LogP contribution in [0.15, 0.2) is 73.8 Å². The van der Waals surface area contributed by atoms with Crippen molar-refractivity contribution in [2.45, 2.75) is 18.9 Å². The van der Waals surface area contributed by atoms with Crippen molar-refractivity contribution in [3.05, 3.63) is 85.0 Å². The molecule has 0 fully saturated rings. The zero-order valence-corrected chi connectivity index (χ0v) is 14.3. The van der Waals surface area contributed by atoms with Crippen LogP contribution < -0.4 is 4.74 Å². The van der Waals surface area contributed by atoms with Gasteiger partial charge in [-0.2, -0.15) is 0 Å². The fraction of sp³-hybridized carbons (Fsp3) is 0.238. The predicted molar refractivity (Wildman–Crippen MR) is 101 cm³/mol. The molecule has 0 spiro atoms. The molecule has 0 atom stereocenters. The summed E-state index contributed by atoms with van der Waals surface area (Å²) in [5.41, 5.74) is 2.48. The molecule has 0 amide bonds. The van der Waals surface area contributed by atoms with E-state index in [9.17, 15) is 0 Å². The van der Waals surface area contributed by atoms with Gasteiger partial charge in [0, 0.05) is 0 Å². The molecule has 2 rings (SSSR count). The summed E-state index contributed by atoms with van der Waals surface area (Å²) in [5, 5.41) is 24.0. The molecule has 0 radical (unpaired) electrons. The number of benzene rings is 2. The van der Waals surface area contributed by atoms with Crippen molar-refractivity contribution in [2.24, 2.45) is 0 Å². The first-order valence-electron chi connectivity index (χ1n) is 8.10. The first-order valence-corrected chi connectivity index (χ1v) is 8.10. The molecule has 0 heterocycles. The Morgan fingerprint density at radius 2 is 1.12 bits per heavy atom. The minimum absolute atomic E-state index is 0.365. The molecule has 0 saturated carbocycles. The van der Waals surface area contributed by atoms with Crippen LogP contribution in [-0.2, 0) is 12.8 Å². The Morgan fingerprint density at radius 3 is 1.36 bits per heavy atom. The zero-order valence-electron chi connectivity index (χ0n) is 14.3. The highest BCUT2D eigenvalue weighted by Gasteiger charge is 1.98. The smallest absolute Gasteiger partial charge is 0.127 e. The van der Waals surface area contributed by atoms with Crippen molar-refractivity contribution in [3.8, 4) is 11.5 Å². The lowest BCUT2D eigenvalue weighted by Gasteiger charge is -2.07. The van der Waals surface area contributed by atoms with Crippen LogP contribution in [0.4, 0.5) is 0 Å². The summed E-state index contributed by atoms with van der Waals surface area (Å²) in [6.07, 6.45) is 4.61. The zero-order chi connectivity index (χ0) is 18.5. The summed E-state index contributed by atoms with van der Waals surface area (Å²) in [7, 11) is 0. The van der Waals surface area contributed by atoms with E-state index in [4.69, 9.17) is 20.1 Å². The highest BCUT2D eigenvalue weighted by molar-refractivity contribution is 5.35. The summed E-state index contributed by atoms with van der Waals surface area (Å²) >= 11 is 0. The largest absolute Gasteiger partial charge is 0.457 e. The topological polar surface area (TPSA) is 69.9 Å². The minimum Gasteiger partial charge on any atom is -0.457 e. The third-order valence-electron chi connectivity index (χ3n) is 3.26. The monoisotopic (exact) mass is 342 g/mol. The molecular formula is C21H26O4. The second-order valence-corrected chi connectivity index (χ2v) is 5.39. The van der Waals surface area contributed by atoms with E-state index in [2.05, 4.69) is 37.4 Å². The molecule has 134 valence electrons. The van der Waals surface area contributed by atoms with Gasteiger partial charge in [0.05, 0.1) is 13.2 Å². The average Bonchev–Trinajstić information content (AvgIpc) is 2.65. The van der Waals surface area contributed by atoms with E-state index >= 15 is 0 Å². The minimum atomic E-state index is -0.954. The molecule has 3 N–H and O–H groups in total. The van der Waals surface area contributed by atoms with Gasteiger partial charge in [-0.05, 0) is 48.2 Å². The van der Waals surface area contributed by atoms with Crippen molar-refractivity contribution < 1.29 is 20.1 Å². The third-order valence-corrected chi connectivity index (χ3v) is 3.26. The van der Waals surface area contributed by atoms with Gasteiger partial charge in [0.1, 0.15) is 17.6 Å². The number of allylic oxidation sites excluding steroid dienone is 2. The Morgan fingerprint density at radius 1 is 0.760 bits per heavy atom. The van der Waals surface area contributed by atoms with Crippen molar-refractivity contribution in [3.63, 3.8) is 0 Å². The summed E-state index contributed by atoms with van der Waals surface area (Å²) in [6, 6.07) is 16.2. The maximum absolute atomic E-state index is 8.17. The van der Waals surface area contributed by atoms with Gasteiger partial charge in [-0.3, -0.25) is 0 Å². The Hall–Kier alpha value is -2.40. The number of rotatable bonds is 8. The van der Waals surface area contributed by atoms with Gasteiger partial charge < -0.3 is 20.1 Å². The molecule has 0 unspecified atom stereocenters. The third kappa shape index (κ3) is 8.31. The van der Waals surface area contributed by atoms with Crippen molar-refractivity contribution >= 4 is 0 Å². The first-order chi connectivity index (χ1) is 12.1. The number of hydrogen-bond acceptors (Lipinski definition) is 4. The Bertz CT molecular complexity index is 562. The highest BCUT2D eigenvalue weighted by Crippen LogP contribution is 2.22. The lowest BCUT2D eigenvalue weighted by molar-refractivity contribution is 0.0450. The molecule has 25 heavy (non-hydrogen) atoms. The molecule has 0 aromatic heterocycles. The van der Waals surface area contributed by atoms with Gasteiger partial charge in [-0.15, -0.1) is 13.2 Å². The summed E-state index contributed by atoms with van der Waals surface area (Å²) in [5.74, 6) is 1.70. The molecule has 0 aliphatic carbocycles. The fourth-order valence-electron chi connectivity index (χ4n) is 1.91. The van der Waals surface area contributed by atoms with Crippen molar-refractivity contribution in [1.29, 1.82) is 0 Å². The van der Waals surface area contributed by atoms with E-state index in [0.29, 0.717) is 0 Å². The molecular weight excluding hydrogens is 316 g/mol. The second-order valence-electron chi connectivity index (χ2n) is 5.39. The van der Waals surface area contributed by atoms with Crippen LogP contribution >= 0.6 is 0 Å². The molecule has 0 saturated heterocycles. The SMILES string of the molecule is C=CCc1ccc(Oc2ccc(CC=C)cc2)cc1.OCC(O)CO. The predicted octanol–water partition coefficient (Wildman–Crippen LogP) is 3.27. The Labute approximate surface area is 149 Å². The molecule has 4 nitrogen and oxygen atoms in total. The molecule has 0 bridgehead atoms. The van der Waals surface area contributed by atoms with E-state index in [-0.39, 0.29) is 13.2 Å². The molecule has 0 aliphatic heterocycles. The highest BCUT2D eigenvalue weighted by atomic mass is 16.5. The number of aliphatic hydroxyl groups is 3. The lowest BCUT2D eigenvalue weighted by Crippen LogP contribution is -2.15. The number of hydrogen-bond donors (Lipinski definition) is 3. The Balaban J connectivity index is 0.000000450. The van der Waals surface area contributed by atoms with Gasteiger partial charge in [0.25, 0.3) is 0 Å². The fourth-order valence-corrected chi connectivity index (χ4v) is 1.91. The molecule has 2 aromatic rings. The van der Waals surface area contributed by atoms with Crippen LogP contribution in [0.5, 0.6) is 11.5 Å². The maximum atomic E-state index is 8.17. The second kappa shape index (κ2) is 12.0. The van der Waals surface area contributed by atoms with Crippen LogP contribution in [0.25, 0.3) is 0 Å². The van der Waals surface area contributed by atoms with Gasteiger partial charge >= 0.3 is 0 Å². The number of ether oxygens (including phenoxy) is 1. The summed E-state index contributed by atoms with van der Waals surface area (Å²) < 4.78 is 5.79. The van der Waals surface area contributed by atoms with Gasteiger partial charge in [-0.1, -0.05) is 36.4 Å². The average molecular weight is 342 g/mol. The van der Waals surface area contributed by atoms with Crippen molar-refractivity contribution in [1.82, 2.24) is 0 Å². The maximum Gasteiger partial charge on any atom is 0.127 e. The summed E-state index contributed by atoms with van der Waals surface area (Å²) in [4.78, 5) is 0. The first kappa shape index (κ1) is 20.6. The molecule has 0 aliphatic rings. The van der Waals surface area contributed by atoms with Crippen LogP contribution in [0.2, 0.25) is 0 Å². The van der Waals surface area contributed by atoms with E-state index in [1.54, 1.807) is 0 Å². The van der Waals surface area contributed by atoms with E-state index in [1.165, 1.54) is 11.1 Å². The normalized spacial score (nSPS) is 9.92. The van der Waals surface area contributed by atoms with E-state index < -0.39 is 6.10 Å². The number of aliphatic hydroxyl groups excluding tert-OH is 3. The standard InChI is InChI=1S/C18H18O.C3H8O3/c1-3-5-15-7-11-17(12-8-15)19-18-13-9-16(6-4-2)10-14-18;4-1-3(6)2-5/h3-4,7-14H,1-2,5-6H2;3-6H,1-2H2. The Kier molecular flexibility index (Phi) is 9.94. The van der Waals surface area contributed by atoms with Crippen molar-refractivity contribution in [2.75, 3.05) is 13.2 Å².